The largest absolute Gasteiger partial charge is 0.446 e. The number of rotatable bonds is 6. The SMILES string of the molecule is N#CC1(c2ccccc2C(F)(F)F)CCC(NCCNC(=O)N2C(=O)OC[C@@H]2c2ccc(F)c(F)c2)CC1. The van der Waals surface area contributed by atoms with Crippen LogP contribution in [0.2, 0.25) is 0 Å². The Morgan fingerprint density at radius 3 is 2.47 bits per heavy atom. The molecule has 2 aromatic carbocycles. The maximum atomic E-state index is 13.6. The van der Waals surface area contributed by atoms with E-state index in [4.69, 9.17) is 4.74 Å². The standard InChI is InChI=1S/C26H25F5N4O3/c27-20-6-5-16(13-21(20)28)22-14-38-24(37)35(22)23(36)34-12-11-33-17-7-9-25(15-32,10-8-17)18-3-1-2-4-19(18)26(29,30)31/h1-6,13,17,22,33H,7-12,14H2,(H,34,36)/t17?,22-,25?/m1/s1. The number of carbonyl (C=O) groups is 2. The molecule has 1 heterocycles. The van der Waals surface area contributed by atoms with Crippen molar-refractivity contribution in [2.24, 2.45) is 0 Å². The van der Waals surface area contributed by atoms with Crippen LogP contribution in [-0.2, 0) is 16.3 Å². The van der Waals surface area contributed by atoms with Crippen molar-refractivity contribution in [3.8, 4) is 6.07 Å². The molecular weight excluding hydrogens is 511 g/mol. The maximum absolute atomic E-state index is 13.6. The van der Waals surface area contributed by atoms with Crippen molar-refractivity contribution in [2.75, 3.05) is 19.7 Å². The number of nitrogens with zero attached hydrogens (tertiary/aromatic N) is 2. The van der Waals surface area contributed by atoms with Crippen LogP contribution in [0.4, 0.5) is 31.5 Å². The number of imide groups is 1. The number of nitriles is 1. The number of alkyl halides is 3. The van der Waals surface area contributed by atoms with Gasteiger partial charge in [0.1, 0.15) is 12.6 Å². The highest BCUT2D eigenvalue weighted by Crippen LogP contribution is 2.44. The molecule has 202 valence electrons. The van der Waals surface area contributed by atoms with E-state index in [-0.39, 0.29) is 43.2 Å². The van der Waals surface area contributed by atoms with E-state index < -0.39 is 47.0 Å². The molecule has 2 fully saturated rings. The Morgan fingerprint density at radius 2 is 1.82 bits per heavy atom. The van der Waals surface area contributed by atoms with Crippen molar-refractivity contribution in [2.45, 2.75) is 49.4 Å². The van der Waals surface area contributed by atoms with Crippen molar-refractivity contribution in [3.63, 3.8) is 0 Å². The van der Waals surface area contributed by atoms with Gasteiger partial charge in [-0.2, -0.15) is 18.4 Å². The van der Waals surface area contributed by atoms with Gasteiger partial charge in [0.25, 0.3) is 0 Å². The third kappa shape index (κ3) is 5.57. The Balaban J connectivity index is 1.29. The average molecular weight is 537 g/mol. The highest BCUT2D eigenvalue weighted by molar-refractivity contribution is 5.92. The molecule has 3 amide bonds. The van der Waals surface area contributed by atoms with Gasteiger partial charge in [0, 0.05) is 19.1 Å². The number of ether oxygens (including phenoxy) is 1. The van der Waals surface area contributed by atoms with Crippen molar-refractivity contribution < 1.29 is 36.3 Å². The summed E-state index contributed by atoms with van der Waals surface area (Å²) in [5.41, 5.74) is -1.83. The fourth-order valence-electron chi connectivity index (χ4n) is 5.05. The molecule has 0 spiro atoms. The zero-order valence-corrected chi connectivity index (χ0v) is 20.2. The van der Waals surface area contributed by atoms with Crippen molar-refractivity contribution in [1.29, 1.82) is 5.26 Å². The van der Waals surface area contributed by atoms with Gasteiger partial charge in [0.15, 0.2) is 11.6 Å². The van der Waals surface area contributed by atoms with Crippen LogP contribution in [0.5, 0.6) is 0 Å². The van der Waals surface area contributed by atoms with Gasteiger partial charge in [-0.25, -0.2) is 23.3 Å². The maximum Gasteiger partial charge on any atom is 0.418 e. The molecule has 1 saturated heterocycles. The second-order valence-corrected chi connectivity index (χ2v) is 9.33. The first kappa shape index (κ1) is 27.3. The number of cyclic esters (lactones) is 1. The van der Waals surface area contributed by atoms with E-state index in [1.165, 1.54) is 24.3 Å². The van der Waals surface area contributed by atoms with E-state index in [1.54, 1.807) is 0 Å². The molecule has 1 aliphatic carbocycles. The quantitative estimate of drug-likeness (QED) is 0.392. The molecule has 7 nitrogen and oxygen atoms in total. The normalized spacial score (nSPS) is 23.6. The number of hydrogen-bond donors (Lipinski definition) is 2. The summed E-state index contributed by atoms with van der Waals surface area (Å²) < 4.78 is 72.4. The Morgan fingerprint density at radius 1 is 1.11 bits per heavy atom. The van der Waals surface area contributed by atoms with Crippen LogP contribution in [0.15, 0.2) is 42.5 Å². The third-order valence-corrected chi connectivity index (χ3v) is 7.06. The first-order valence-corrected chi connectivity index (χ1v) is 12.1. The number of nitrogens with one attached hydrogen (secondary N) is 2. The highest BCUT2D eigenvalue weighted by Gasteiger charge is 2.44. The first-order chi connectivity index (χ1) is 18.1. The lowest BCUT2D eigenvalue weighted by Crippen LogP contribution is -2.46. The summed E-state index contributed by atoms with van der Waals surface area (Å²) in [5.74, 6) is -2.17. The van der Waals surface area contributed by atoms with Crippen LogP contribution in [0.25, 0.3) is 0 Å². The second-order valence-electron chi connectivity index (χ2n) is 9.33. The summed E-state index contributed by atoms with van der Waals surface area (Å²) in [6.45, 7) is 0.216. The smallest absolute Gasteiger partial charge is 0.418 e. The molecule has 4 rings (SSSR count). The highest BCUT2D eigenvalue weighted by atomic mass is 19.4. The summed E-state index contributed by atoms with van der Waals surface area (Å²) in [5, 5.41) is 15.6. The van der Waals surface area contributed by atoms with Gasteiger partial charge in [-0.3, -0.25) is 0 Å². The van der Waals surface area contributed by atoms with Crippen LogP contribution in [0.3, 0.4) is 0 Å². The number of halogens is 5. The molecule has 0 radical (unpaired) electrons. The van der Waals surface area contributed by atoms with E-state index in [2.05, 4.69) is 16.7 Å². The summed E-state index contributed by atoms with van der Waals surface area (Å²) >= 11 is 0. The molecule has 0 unspecified atom stereocenters. The predicted octanol–water partition coefficient (Wildman–Crippen LogP) is 5.18. The van der Waals surface area contributed by atoms with Crippen LogP contribution in [0, 0.1) is 23.0 Å². The molecule has 38 heavy (non-hydrogen) atoms. The van der Waals surface area contributed by atoms with E-state index in [9.17, 15) is 36.8 Å². The molecule has 1 atom stereocenters. The molecule has 12 heteroatoms. The lowest BCUT2D eigenvalue weighted by molar-refractivity contribution is -0.138. The fourth-order valence-corrected chi connectivity index (χ4v) is 5.05. The van der Waals surface area contributed by atoms with Gasteiger partial charge >= 0.3 is 18.3 Å². The molecule has 2 aliphatic rings. The van der Waals surface area contributed by atoms with Crippen molar-refractivity contribution in [3.05, 3.63) is 70.8 Å². The minimum Gasteiger partial charge on any atom is -0.446 e. The predicted molar refractivity (Wildman–Crippen MR) is 125 cm³/mol. The van der Waals surface area contributed by atoms with Gasteiger partial charge in [0.05, 0.1) is 17.0 Å². The zero-order valence-electron chi connectivity index (χ0n) is 20.2. The number of hydrogen-bond acceptors (Lipinski definition) is 5. The van der Waals surface area contributed by atoms with Crippen LogP contribution in [-0.4, -0.2) is 42.8 Å². The van der Waals surface area contributed by atoms with Gasteiger partial charge in [-0.1, -0.05) is 24.3 Å². The molecule has 2 N–H and O–H groups in total. The number of carbonyl (C=O) groups excluding carboxylic acids is 2. The molecular formula is C26H25F5N4O3. The number of urea groups is 1. The Kier molecular flexibility index (Phi) is 7.87. The topological polar surface area (TPSA) is 94.5 Å². The summed E-state index contributed by atoms with van der Waals surface area (Å²) in [4.78, 5) is 25.5. The van der Waals surface area contributed by atoms with Crippen molar-refractivity contribution >= 4 is 12.1 Å². The Hall–Kier alpha value is -3.72. The lowest BCUT2D eigenvalue weighted by Gasteiger charge is -2.37. The van der Waals surface area contributed by atoms with E-state index in [0.717, 1.165) is 23.1 Å². The van der Waals surface area contributed by atoms with Crippen LogP contribution < -0.4 is 10.6 Å². The van der Waals surface area contributed by atoms with Gasteiger partial charge in [-0.05, 0) is 55.0 Å². The molecule has 0 bridgehead atoms. The van der Waals surface area contributed by atoms with Gasteiger partial charge in [0.2, 0.25) is 0 Å². The number of benzene rings is 2. The molecule has 2 aromatic rings. The minimum absolute atomic E-state index is 0.00574. The molecule has 0 aromatic heterocycles. The van der Waals surface area contributed by atoms with Crippen LogP contribution in [0.1, 0.15) is 48.4 Å². The monoisotopic (exact) mass is 536 g/mol. The minimum atomic E-state index is -4.56. The average Bonchev–Trinajstić information content (AvgIpc) is 3.29. The van der Waals surface area contributed by atoms with E-state index in [0.29, 0.717) is 19.4 Å². The third-order valence-electron chi connectivity index (χ3n) is 7.06. The summed E-state index contributed by atoms with van der Waals surface area (Å²) in [6, 6.07) is 8.63. The zero-order chi connectivity index (χ0) is 27.5. The lowest BCUT2D eigenvalue weighted by atomic mass is 9.68. The summed E-state index contributed by atoms with van der Waals surface area (Å²) in [7, 11) is 0. The number of amides is 3. The van der Waals surface area contributed by atoms with E-state index in [1.807, 2.05) is 0 Å². The second kappa shape index (κ2) is 10.9. The Bertz CT molecular complexity index is 1240. The molecule has 1 aliphatic heterocycles. The fraction of sp³-hybridized carbons (Fsp3) is 0.423. The van der Waals surface area contributed by atoms with E-state index >= 15 is 0 Å². The van der Waals surface area contributed by atoms with Gasteiger partial charge in [-0.15, -0.1) is 0 Å². The Labute approximate surface area is 215 Å². The summed E-state index contributed by atoms with van der Waals surface area (Å²) in [6.07, 6.45) is -4.05. The molecule has 1 saturated carbocycles. The van der Waals surface area contributed by atoms with Crippen molar-refractivity contribution in [1.82, 2.24) is 15.5 Å². The van der Waals surface area contributed by atoms with Crippen LogP contribution >= 0.6 is 0 Å². The first-order valence-electron chi connectivity index (χ1n) is 12.1. The van der Waals surface area contributed by atoms with Gasteiger partial charge < -0.3 is 15.4 Å².